The van der Waals surface area contributed by atoms with Crippen molar-refractivity contribution >= 4 is 14.8 Å². The third-order valence-corrected chi connectivity index (χ3v) is 3.58. The van der Waals surface area contributed by atoms with Gasteiger partial charge in [-0.05, 0) is 46.7 Å². The van der Waals surface area contributed by atoms with E-state index in [1.807, 2.05) is 32.9 Å². The van der Waals surface area contributed by atoms with Gasteiger partial charge < -0.3 is 9.53 Å². The second-order valence-electron chi connectivity index (χ2n) is 6.69. The molecule has 0 aromatic heterocycles. The molecule has 0 fully saturated rings. The SMILES string of the molecule is CCC(=O)CC(C)/C=C/C(C)=C/CO.C[Si](C)OC(C)(C)C. The molecule has 0 bridgehead atoms. The molecule has 1 atom stereocenters. The summed E-state index contributed by atoms with van der Waals surface area (Å²) in [5, 5.41) is 8.62. The van der Waals surface area contributed by atoms with Crippen LogP contribution in [0.4, 0.5) is 0 Å². The Balaban J connectivity index is 0. The first-order valence-corrected chi connectivity index (χ1v) is 10.4. The van der Waals surface area contributed by atoms with Crippen LogP contribution < -0.4 is 0 Å². The molecular weight excluding hydrogens is 292 g/mol. The quantitative estimate of drug-likeness (QED) is 0.551. The fraction of sp³-hybridized carbons (Fsp3) is 0.722. The Kier molecular flexibility index (Phi) is 13.7. The zero-order valence-electron chi connectivity index (χ0n) is 15.7. The number of hydrogen-bond donors (Lipinski definition) is 1. The second-order valence-corrected chi connectivity index (χ2v) is 8.71. The van der Waals surface area contributed by atoms with E-state index in [0.717, 1.165) is 5.57 Å². The molecule has 4 heteroatoms. The van der Waals surface area contributed by atoms with Crippen LogP contribution in [0.2, 0.25) is 13.1 Å². The minimum atomic E-state index is -0.492. The highest BCUT2D eigenvalue weighted by Gasteiger charge is 2.12. The minimum Gasteiger partial charge on any atom is -0.413 e. The molecule has 0 spiro atoms. The van der Waals surface area contributed by atoms with Crippen LogP contribution in [-0.4, -0.2) is 32.1 Å². The molecule has 0 aromatic rings. The van der Waals surface area contributed by atoms with Gasteiger partial charge in [0.25, 0.3) is 0 Å². The Hall–Kier alpha value is -0.713. The monoisotopic (exact) mass is 327 g/mol. The Bertz CT molecular complexity index is 352. The normalized spacial score (nSPS) is 14.0. The van der Waals surface area contributed by atoms with E-state index in [1.165, 1.54) is 0 Å². The van der Waals surface area contributed by atoms with Gasteiger partial charge in [0.05, 0.1) is 6.61 Å². The number of Topliss-reactive ketones (excluding diaryl/α,β-unsaturated/α-hetero) is 1. The van der Waals surface area contributed by atoms with E-state index in [2.05, 4.69) is 33.9 Å². The predicted octanol–water partition coefficient (Wildman–Crippen LogP) is 4.54. The average Bonchev–Trinajstić information content (AvgIpc) is 2.34. The lowest BCUT2D eigenvalue weighted by molar-refractivity contribution is -0.119. The fourth-order valence-electron chi connectivity index (χ4n) is 1.71. The third kappa shape index (κ3) is 19.3. The van der Waals surface area contributed by atoms with Gasteiger partial charge in [-0.25, -0.2) is 0 Å². The summed E-state index contributed by atoms with van der Waals surface area (Å²) in [5.74, 6) is 0.579. The molecule has 3 nitrogen and oxygen atoms in total. The average molecular weight is 328 g/mol. The molecule has 0 heterocycles. The standard InChI is InChI=1S/C12H20O2.C6H15OSi/c1-4-12(14)9-11(3)6-5-10(2)7-8-13;1-6(2,3)7-8(4)5/h5-7,11,13H,4,8-9H2,1-3H3;1-5H3/b6-5+,10-7+;. The van der Waals surface area contributed by atoms with Crippen LogP contribution in [0.15, 0.2) is 23.8 Å². The summed E-state index contributed by atoms with van der Waals surface area (Å²) in [6, 6.07) is 0. The molecule has 1 N–H and O–H groups in total. The van der Waals surface area contributed by atoms with Crippen molar-refractivity contribution in [3.05, 3.63) is 23.8 Å². The minimum absolute atomic E-state index is 0.0673. The number of allylic oxidation sites excluding steroid dienone is 3. The molecule has 0 saturated heterocycles. The van der Waals surface area contributed by atoms with Crippen LogP contribution in [0.5, 0.6) is 0 Å². The van der Waals surface area contributed by atoms with Gasteiger partial charge in [0.15, 0.2) is 0 Å². The largest absolute Gasteiger partial charge is 0.413 e. The summed E-state index contributed by atoms with van der Waals surface area (Å²) < 4.78 is 5.54. The van der Waals surface area contributed by atoms with Gasteiger partial charge in [-0.1, -0.05) is 37.6 Å². The van der Waals surface area contributed by atoms with Gasteiger partial charge in [0.2, 0.25) is 9.04 Å². The maximum absolute atomic E-state index is 11.1. The molecule has 0 saturated carbocycles. The van der Waals surface area contributed by atoms with Crippen molar-refractivity contribution in [3.8, 4) is 0 Å². The highest BCUT2D eigenvalue weighted by molar-refractivity contribution is 6.48. The highest BCUT2D eigenvalue weighted by Crippen LogP contribution is 2.08. The van der Waals surface area contributed by atoms with Crippen molar-refractivity contribution in [2.24, 2.45) is 5.92 Å². The highest BCUT2D eigenvalue weighted by atomic mass is 28.3. The molecule has 0 aliphatic rings. The van der Waals surface area contributed by atoms with Crippen LogP contribution in [-0.2, 0) is 9.22 Å². The number of hydrogen-bond acceptors (Lipinski definition) is 3. The van der Waals surface area contributed by atoms with Crippen LogP contribution in [0.25, 0.3) is 0 Å². The summed E-state index contributed by atoms with van der Waals surface area (Å²) in [6.45, 7) is 16.5. The molecule has 0 aromatic carbocycles. The Morgan fingerprint density at radius 2 is 1.86 bits per heavy atom. The second kappa shape index (κ2) is 12.8. The molecule has 129 valence electrons. The number of carbonyl (C=O) groups excluding carboxylic acids is 1. The first-order chi connectivity index (χ1) is 10.0. The summed E-state index contributed by atoms with van der Waals surface area (Å²) in [6.07, 6.45) is 6.92. The summed E-state index contributed by atoms with van der Waals surface area (Å²) in [5.41, 5.74) is 1.10. The first-order valence-electron chi connectivity index (χ1n) is 7.98. The molecule has 0 aliphatic heterocycles. The van der Waals surface area contributed by atoms with E-state index in [4.69, 9.17) is 9.53 Å². The Labute approximate surface area is 139 Å². The van der Waals surface area contributed by atoms with Gasteiger partial charge in [-0.2, -0.15) is 0 Å². The van der Waals surface area contributed by atoms with Crippen molar-refractivity contribution in [1.82, 2.24) is 0 Å². The van der Waals surface area contributed by atoms with E-state index >= 15 is 0 Å². The van der Waals surface area contributed by atoms with E-state index in [0.29, 0.717) is 18.6 Å². The van der Waals surface area contributed by atoms with Crippen LogP contribution in [0.1, 0.15) is 54.4 Å². The molecule has 0 amide bonds. The number of rotatable bonds is 7. The maximum atomic E-state index is 11.1. The van der Waals surface area contributed by atoms with Crippen molar-refractivity contribution in [1.29, 1.82) is 0 Å². The van der Waals surface area contributed by atoms with Gasteiger partial charge >= 0.3 is 0 Å². The zero-order chi connectivity index (χ0) is 17.8. The molecule has 1 unspecified atom stereocenters. The van der Waals surface area contributed by atoms with Gasteiger partial charge in [0, 0.05) is 18.4 Å². The van der Waals surface area contributed by atoms with Crippen molar-refractivity contribution in [2.75, 3.05) is 6.61 Å². The maximum Gasteiger partial charge on any atom is 0.205 e. The van der Waals surface area contributed by atoms with Gasteiger partial charge in [-0.15, -0.1) is 0 Å². The van der Waals surface area contributed by atoms with E-state index < -0.39 is 9.04 Å². The Morgan fingerprint density at radius 3 is 2.18 bits per heavy atom. The summed E-state index contributed by atoms with van der Waals surface area (Å²) >= 11 is 0. The summed E-state index contributed by atoms with van der Waals surface area (Å²) in [7, 11) is -0.492. The van der Waals surface area contributed by atoms with Gasteiger partial charge in [-0.3, -0.25) is 4.79 Å². The van der Waals surface area contributed by atoms with Crippen LogP contribution in [0.3, 0.4) is 0 Å². The molecule has 1 radical (unpaired) electrons. The molecular formula is C18H35O3Si. The molecule has 0 rings (SSSR count). The predicted molar refractivity (Wildman–Crippen MR) is 97.4 cm³/mol. The van der Waals surface area contributed by atoms with E-state index in [-0.39, 0.29) is 18.1 Å². The lowest BCUT2D eigenvalue weighted by Crippen LogP contribution is -2.25. The fourth-order valence-corrected chi connectivity index (χ4v) is 2.94. The topological polar surface area (TPSA) is 46.5 Å². The van der Waals surface area contributed by atoms with Gasteiger partial charge in [0.1, 0.15) is 5.78 Å². The molecule has 22 heavy (non-hydrogen) atoms. The zero-order valence-corrected chi connectivity index (χ0v) is 16.7. The van der Waals surface area contributed by atoms with Crippen molar-refractivity contribution in [3.63, 3.8) is 0 Å². The lowest BCUT2D eigenvalue weighted by Gasteiger charge is -2.21. The van der Waals surface area contributed by atoms with E-state index in [1.54, 1.807) is 6.08 Å². The van der Waals surface area contributed by atoms with E-state index in [9.17, 15) is 4.79 Å². The first kappa shape index (κ1) is 23.6. The number of ketones is 1. The summed E-state index contributed by atoms with van der Waals surface area (Å²) in [4.78, 5) is 11.1. The Morgan fingerprint density at radius 1 is 1.32 bits per heavy atom. The van der Waals surface area contributed by atoms with Crippen LogP contribution in [0, 0.1) is 5.92 Å². The number of carbonyl (C=O) groups is 1. The van der Waals surface area contributed by atoms with Crippen molar-refractivity contribution in [2.45, 2.75) is 73.1 Å². The van der Waals surface area contributed by atoms with Crippen LogP contribution >= 0.6 is 0 Å². The number of aliphatic hydroxyl groups excluding tert-OH is 1. The number of aliphatic hydroxyl groups is 1. The molecule has 0 aliphatic carbocycles. The lowest BCUT2D eigenvalue weighted by atomic mass is 10.0. The van der Waals surface area contributed by atoms with Crippen molar-refractivity contribution < 1.29 is 14.3 Å². The smallest absolute Gasteiger partial charge is 0.205 e. The third-order valence-electron chi connectivity index (χ3n) is 2.56.